The summed E-state index contributed by atoms with van der Waals surface area (Å²) < 4.78 is 19.4. The summed E-state index contributed by atoms with van der Waals surface area (Å²) in [6, 6.07) is 7.27. The number of rotatable bonds is 8. The van der Waals surface area contributed by atoms with Crippen molar-refractivity contribution < 1.29 is 28.6 Å². The number of nitrogens with one attached hydrogen (secondary N) is 3. The smallest absolute Gasteiger partial charge is 0.251 e. The third-order valence-corrected chi connectivity index (χ3v) is 5.91. The van der Waals surface area contributed by atoms with E-state index in [0.29, 0.717) is 18.7 Å². The van der Waals surface area contributed by atoms with Gasteiger partial charge in [-0.1, -0.05) is 12.1 Å². The van der Waals surface area contributed by atoms with Crippen LogP contribution in [0.1, 0.15) is 31.8 Å². The highest BCUT2D eigenvalue weighted by molar-refractivity contribution is 6.11. The zero-order chi connectivity index (χ0) is 26.5. The molecule has 1 aliphatic heterocycles. The van der Waals surface area contributed by atoms with Gasteiger partial charge >= 0.3 is 0 Å². The number of carbonyl (C=O) groups excluding carboxylic acids is 3. The standard InChI is InChI=1S/C25H25FN6O5/c1-37-19-7-6-18(33)21(22(19)26)23(35)14-2-4-15(5-3-14)24(36)32-17-12-28-11-16(17)31-20(34)8-13-9-29-25(27)30-10-13/h2-7,9-10,16-17,28,33H,8,11-12H2,1H3,(H,31,34)(H,32,36)(H2,27,29,30)/t16-,17-/m1/s1. The quantitative estimate of drug-likeness (QED) is 0.273. The molecule has 0 saturated carbocycles. The molecule has 6 N–H and O–H groups in total. The second-order valence-corrected chi connectivity index (χ2v) is 8.42. The molecule has 0 spiro atoms. The topological polar surface area (TPSA) is 169 Å². The maximum absolute atomic E-state index is 14.6. The van der Waals surface area contributed by atoms with Crippen molar-refractivity contribution in [1.82, 2.24) is 25.9 Å². The Morgan fingerprint density at radius 2 is 1.68 bits per heavy atom. The first-order chi connectivity index (χ1) is 17.8. The Bertz CT molecular complexity index is 1320. The Morgan fingerprint density at radius 3 is 2.32 bits per heavy atom. The zero-order valence-electron chi connectivity index (χ0n) is 19.8. The maximum Gasteiger partial charge on any atom is 0.251 e. The number of nitrogens with two attached hydrogens (primary N) is 1. The van der Waals surface area contributed by atoms with Crippen LogP contribution in [0.2, 0.25) is 0 Å². The monoisotopic (exact) mass is 508 g/mol. The lowest BCUT2D eigenvalue weighted by Gasteiger charge is -2.21. The summed E-state index contributed by atoms with van der Waals surface area (Å²) in [7, 11) is 1.25. The van der Waals surface area contributed by atoms with Crippen LogP contribution in [0, 0.1) is 5.82 Å². The Labute approximate surface area is 211 Å². The van der Waals surface area contributed by atoms with E-state index in [9.17, 15) is 23.9 Å². The maximum atomic E-state index is 14.6. The van der Waals surface area contributed by atoms with E-state index < -0.39 is 28.8 Å². The fourth-order valence-corrected chi connectivity index (χ4v) is 3.97. The molecule has 0 bridgehead atoms. The summed E-state index contributed by atoms with van der Waals surface area (Å²) in [6.45, 7) is 0.921. The summed E-state index contributed by atoms with van der Waals surface area (Å²) in [6.07, 6.45) is 3.02. The van der Waals surface area contributed by atoms with E-state index in [-0.39, 0.29) is 47.2 Å². The number of ketones is 1. The zero-order valence-corrected chi connectivity index (χ0v) is 19.8. The summed E-state index contributed by atoms with van der Waals surface area (Å²) in [4.78, 5) is 45.8. The number of halogens is 1. The minimum Gasteiger partial charge on any atom is -0.507 e. The van der Waals surface area contributed by atoms with Crippen LogP contribution in [0.25, 0.3) is 0 Å². The fourth-order valence-electron chi connectivity index (χ4n) is 3.97. The molecule has 0 aliphatic carbocycles. The number of anilines is 1. The lowest BCUT2D eigenvalue weighted by atomic mass is 10.00. The van der Waals surface area contributed by atoms with Crippen molar-refractivity contribution in [3.63, 3.8) is 0 Å². The lowest BCUT2D eigenvalue weighted by molar-refractivity contribution is -0.121. The van der Waals surface area contributed by atoms with Gasteiger partial charge in [-0.3, -0.25) is 14.4 Å². The third-order valence-electron chi connectivity index (χ3n) is 5.91. The van der Waals surface area contributed by atoms with Gasteiger partial charge < -0.3 is 31.5 Å². The van der Waals surface area contributed by atoms with Crippen LogP contribution in [-0.2, 0) is 11.2 Å². The number of ether oxygens (including phenoxy) is 1. The Kier molecular flexibility index (Phi) is 7.58. The highest BCUT2D eigenvalue weighted by atomic mass is 19.1. The van der Waals surface area contributed by atoms with Gasteiger partial charge in [0.15, 0.2) is 17.3 Å². The first-order valence-corrected chi connectivity index (χ1v) is 11.3. The molecule has 192 valence electrons. The van der Waals surface area contributed by atoms with Gasteiger partial charge in [-0.05, 0) is 29.8 Å². The Hall–Kier alpha value is -4.58. The predicted octanol–water partition coefficient (Wildman–Crippen LogP) is 0.572. The second-order valence-electron chi connectivity index (χ2n) is 8.42. The molecule has 2 amide bonds. The molecular weight excluding hydrogens is 483 g/mol. The number of methoxy groups -OCH3 is 1. The molecule has 4 rings (SSSR count). The van der Waals surface area contributed by atoms with Crippen molar-refractivity contribution >= 4 is 23.5 Å². The largest absolute Gasteiger partial charge is 0.507 e. The van der Waals surface area contributed by atoms with Gasteiger partial charge in [-0.15, -0.1) is 0 Å². The first-order valence-electron chi connectivity index (χ1n) is 11.3. The number of aromatic hydroxyl groups is 1. The van der Waals surface area contributed by atoms with Gasteiger partial charge in [-0.25, -0.2) is 14.4 Å². The Balaban J connectivity index is 1.38. The van der Waals surface area contributed by atoms with Crippen molar-refractivity contribution in [2.24, 2.45) is 0 Å². The van der Waals surface area contributed by atoms with E-state index in [1.54, 1.807) is 0 Å². The SMILES string of the molecule is COc1ccc(O)c(C(=O)c2ccc(C(=O)N[C@@H]3CNC[C@H]3NC(=O)Cc3cnc(N)nc3)cc2)c1F. The highest BCUT2D eigenvalue weighted by Gasteiger charge is 2.30. The average Bonchev–Trinajstić information content (AvgIpc) is 3.31. The van der Waals surface area contributed by atoms with Crippen LogP contribution in [0.5, 0.6) is 11.5 Å². The minimum atomic E-state index is -0.972. The number of amides is 2. The van der Waals surface area contributed by atoms with Gasteiger partial charge in [0.1, 0.15) is 11.3 Å². The van der Waals surface area contributed by atoms with Gasteiger partial charge in [0.25, 0.3) is 5.91 Å². The van der Waals surface area contributed by atoms with Crippen molar-refractivity contribution in [3.8, 4) is 11.5 Å². The molecule has 2 heterocycles. The molecule has 1 aromatic heterocycles. The van der Waals surface area contributed by atoms with Gasteiger partial charge in [0, 0.05) is 36.6 Å². The molecule has 0 unspecified atom stereocenters. The van der Waals surface area contributed by atoms with E-state index in [4.69, 9.17) is 10.5 Å². The minimum absolute atomic E-state index is 0.0658. The van der Waals surface area contributed by atoms with Crippen molar-refractivity contribution in [1.29, 1.82) is 0 Å². The van der Waals surface area contributed by atoms with Crippen LogP contribution in [0.15, 0.2) is 48.8 Å². The molecule has 0 radical (unpaired) electrons. The van der Waals surface area contributed by atoms with E-state index in [1.807, 2.05) is 0 Å². The van der Waals surface area contributed by atoms with Crippen LogP contribution in [0.3, 0.4) is 0 Å². The number of phenolic OH excluding ortho intramolecular Hbond substituents is 1. The van der Waals surface area contributed by atoms with Crippen molar-refractivity contribution in [2.45, 2.75) is 18.5 Å². The van der Waals surface area contributed by atoms with Gasteiger partial charge in [0.05, 0.1) is 25.6 Å². The van der Waals surface area contributed by atoms with Crippen LogP contribution in [-0.4, -0.2) is 65.0 Å². The number of hydrogen-bond acceptors (Lipinski definition) is 9. The number of aromatic nitrogens is 2. The molecule has 37 heavy (non-hydrogen) atoms. The van der Waals surface area contributed by atoms with Crippen LogP contribution in [0.4, 0.5) is 10.3 Å². The molecule has 2 aromatic carbocycles. The molecule has 3 aromatic rings. The normalized spacial score (nSPS) is 16.7. The summed E-state index contributed by atoms with van der Waals surface area (Å²) >= 11 is 0. The predicted molar refractivity (Wildman–Crippen MR) is 131 cm³/mol. The van der Waals surface area contributed by atoms with Crippen LogP contribution >= 0.6 is 0 Å². The van der Waals surface area contributed by atoms with E-state index in [1.165, 1.54) is 55.9 Å². The first kappa shape index (κ1) is 25.5. The van der Waals surface area contributed by atoms with Crippen molar-refractivity contribution in [2.75, 3.05) is 25.9 Å². The van der Waals surface area contributed by atoms with Gasteiger partial charge in [0.2, 0.25) is 11.9 Å². The number of carbonyl (C=O) groups is 3. The summed E-state index contributed by atoms with van der Waals surface area (Å²) in [5.74, 6) is -2.96. The van der Waals surface area contributed by atoms with Crippen molar-refractivity contribution in [3.05, 3.63) is 76.9 Å². The number of phenols is 1. The summed E-state index contributed by atoms with van der Waals surface area (Å²) in [5.41, 5.74) is 5.90. The Morgan fingerprint density at radius 1 is 1.05 bits per heavy atom. The molecule has 1 fully saturated rings. The fraction of sp³-hybridized carbons (Fsp3) is 0.240. The average molecular weight is 509 g/mol. The summed E-state index contributed by atoms with van der Waals surface area (Å²) in [5, 5.41) is 18.9. The van der Waals surface area contributed by atoms with E-state index in [2.05, 4.69) is 25.9 Å². The molecule has 12 heteroatoms. The number of hydrogen-bond donors (Lipinski definition) is 5. The molecule has 2 atom stereocenters. The lowest BCUT2D eigenvalue weighted by Crippen LogP contribution is -2.51. The number of nitrogen functional groups attached to an aromatic ring is 1. The second kappa shape index (κ2) is 11.0. The molecular formula is C25H25FN6O5. The molecule has 1 saturated heterocycles. The molecule has 1 aliphatic rings. The molecule has 11 nitrogen and oxygen atoms in total. The van der Waals surface area contributed by atoms with Crippen LogP contribution < -0.4 is 26.4 Å². The third kappa shape index (κ3) is 5.81. The number of benzene rings is 2. The van der Waals surface area contributed by atoms with Gasteiger partial charge in [-0.2, -0.15) is 0 Å². The van der Waals surface area contributed by atoms with E-state index >= 15 is 0 Å². The van der Waals surface area contributed by atoms with E-state index in [0.717, 1.165) is 0 Å². The number of nitrogens with zero attached hydrogens (tertiary/aromatic N) is 2. The highest BCUT2D eigenvalue weighted by Crippen LogP contribution is 2.30.